The van der Waals surface area contributed by atoms with Crippen molar-refractivity contribution in [3.63, 3.8) is 0 Å². The van der Waals surface area contributed by atoms with Crippen LogP contribution in [0, 0.1) is 27.2 Å². The fourth-order valence-corrected chi connectivity index (χ4v) is 2.18. The zero-order chi connectivity index (χ0) is 17.1. The summed E-state index contributed by atoms with van der Waals surface area (Å²) in [7, 11) is 4.50. The number of nitrogens with zero attached hydrogens (tertiary/aromatic N) is 1. The monoisotopic (exact) mass is 499 g/mol. The molecular formula is C20H20IrNO2. The molecule has 3 rings (SSSR count). The number of pyridine rings is 1. The molecule has 0 radical (unpaired) electrons. The van der Waals surface area contributed by atoms with Gasteiger partial charge in [-0.25, -0.2) is 14.2 Å². The minimum absolute atomic E-state index is 0. The first-order valence-corrected chi connectivity index (χ1v) is 6.97. The Kier molecular flexibility index (Phi) is 11.6. The maximum Gasteiger partial charge on any atom is 3.00 e. The van der Waals surface area contributed by atoms with Crippen LogP contribution in [-0.4, -0.2) is 15.2 Å². The third-order valence-corrected chi connectivity index (χ3v) is 3.18. The molecule has 2 aromatic carbocycles. The molecule has 0 spiro atoms. The van der Waals surface area contributed by atoms with Crippen molar-refractivity contribution < 1.29 is 30.3 Å². The van der Waals surface area contributed by atoms with Crippen molar-refractivity contribution in [1.29, 1.82) is 0 Å². The molecule has 0 saturated heterocycles. The predicted octanol–water partition coefficient (Wildman–Crippen LogP) is 4.82. The molecular weight excluding hydrogens is 478 g/mol. The van der Waals surface area contributed by atoms with Gasteiger partial charge < -0.3 is 15.2 Å². The summed E-state index contributed by atoms with van der Waals surface area (Å²) in [6, 6.07) is 23.6. The Balaban J connectivity index is 0.000000987. The second-order valence-electron chi connectivity index (χ2n) is 4.53. The average molecular weight is 499 g/mol. The Bertz CT molecular complexity index is 689. The Morgan fingerprint density at radius 3 is 2.08 bits per heavy atom. The molecule has 3 nitrogen and oxygen atoms in total. The van der Waals surface area contributed by atoms with E-state index >= 15 is 0 Å². The van der Waals surface area contributed by atoms with E-state index in [1.54, 1.807) is 0 Å². The van der Waals surface area contributed by atoms with Crippen molar-refractivity contribution in [2.45, 2.75) is 6.92 Å². The Hall–Kier alpha value is -1.84. The van der Waals surface area contributed by atoms with Gasteiger partial charge in [0.2, 0.25) is 0 Å². The van der Waals surface area contributed by atoms with Gasteiger partial charge in [0.25, 0.3) is 0 Å². The van der Waals surface area contributed by atoms with E-state index in [2.05, 4.69) is 50.4 Å². The van der Waals surface area contributed by atoms with Gasteiger partial charge in [-0.1, -0.05) is 36.4 Å². The molecule has 0 atom stereocenters. The molecule has 4 heteroatoms. The number of hydrogen-bond donors (Lipinski definition) is 2. The van der Waals surface area contributed by atoms with E-state index < -0.39 is 0 Å². The molecule has 3 aromatic rings. The second-order valence-corrected chi connectivity index (χ2v) is 4.53. The smallest absolute Gasteiger partial charge is 0.569 e. The maximum absolute atomic E-state index is 6.75. The summed E-state index contributed by atoms with van der Waals surface area (Å²) >= 11 is 0. The molecule has 0 aliphatic rings. The van der Waals surface area contributed by atoms with E-state index in [9.17, 15) is 0 Å². The van der Waals surface area contributed by atoms with Crippen molar-refractivity contribution in [3.05, 3.63) is 92.7 Å². The number of aryl methyl sites for hydroxylation is 1. The van der Waals surface area contributed by atoms with Crippen LogP contribution in [0.5, 0.6) is 0 Å². The first-order chi connectivity index (χ1) is 11.3. The SMILES string of the molecule is Cc1cc(-c2[c-]cccc2)ncc1-c1ccccc1.[CH2-]O.[CH2-]O.[Ir+3]. The molecule has 0 bridgehead atoms. The molecule has 2 N–H and O–H groups in total. The van der Waals surface area contributed by atoms with Crippen molar-refractivity contribution in [1.82, 2.24) is 4.98 Å². The summed E-state index contributed by atoms with van der Waals surface area (Å²) in [5.74, 6) is 0. The van der Waals surface area contributed by atoms with Crippen molar-refractivity contribution in [2.75, 3.05) is 0 Å². The fraction of sp³-hybridized carbons (Fsp3) is 0.0500. The molecule has 24 heavy (non-hydrogen) atoms. The molecule has 0 fully saturated rings. The average Bonchev–Trinajstić information content (AvgIpc) is 2.66. The molecule has 0 aliphatic carbocycles. The van der Waals surface area contributed by atoms with Gasteiger partial charge >= 0.3 is 20.1 Å². The van der Waals surface area contributed by atoms with Gasteiger partial charge in [0.1, 0.15) is 0 Å². The van der Waals surface area contributed by atoms with Crippen LogP contribution >= 0.6 is 0 Å². The fourth-order valence-electron chi connectivity index (χ4n) is 2.18. The normalized spacial score (nSPS) is 8.71. The van der Waals surface area contributed by atoms with Gasteiger partial charge in [-0.05, 0) is 23.7 Å². The number of benzene rings is 2. The van der Waals surface area contributed by atoms with Crippen LogP contribution in [0.15, 0.2) is 66.9 Å². The van der Waals surface area contributed by atoms with E-state index in [4.69, 9.17) is 10.2 Å². The van der Waals surface area contributed by atoms with Gasteiger partial charge in [0.05, 0.1) is 0 Å². The number of aromatic nitrogens is 1. The minimum atomic E-state index is 0. The summed E-state index contributed by atoms with van der Waals surface area (Å²) in [6.07, 6.45) is 1.95. The Morgan fingerprint density at radius 2 is 1.54 bits per heavy atom. The molecule has 0 unspecified atom stereocenters. The van der Waals surface area contributed by atoms with Gasteiger partial charge in [-0.3, -0.25) is 0 Å². The van der Waals surface area contributed by atoms with Crippen LogP contribution in [0.25, 0.3) is 22.4 Å². The summed E-state index contributed by atoms with van der Waals surface area (Å²) in [4.78, 5) is 4.55. The molecule has 0 amide bonds. The summed E-state index contributed by atoms with van der Waals surface area (Å²) in [6.45, 7) is 2.12. The molecule has 126 valence electrons. The number of aliphatic hydroxyl groups excluding tert-OH is 2. The Morgan fingerprint density at radius 1 is 0.917 bits per heavy atom. The van der Waals surface area contributed by atoms with Crippen molar-refractivity contribution in [2.24, 2.45) is 0 Å². The van der Waals surface area contributed by atoms with Crippen LogP contribution in [0.2, 0.25) is 0 Å². The molecule has 1 heterocycles. The van der Waals surface area contributed by atoms with Crippen molar-refractivity contribution >= 4 is 0 Å². The first kappa shape index (κ1) is 22.2. The third-order valence-electron chi connectivity index (χ3n) is 3.18. The van der Waals surface area contributed by atoms with Gasteiger partial charge in [0.15, 0.2) is 0 Å². The summed E-state index contributed by atoms with van der Waals surface area (Å²) in [5.41, 5.74) is 5.62. The second kappa shape index (κ2) is 12.6. The number of rotatable bonds is 2. The zero-order valence-corrected chi connectivity index (χ0v) is 15.8. The number of hydrogen-bond acceptors (Lipinski definition) is 3. The standard InChI is InChI=1S/C18H14N.2CH3O.Ir/c1-14-12-18(16-10-6-3-7-11-16)19-13-17(14)15-8-4-2-5-9-15;2*1-2;/h2-10,12-13H,1H3;2*2H,1H2;/q3*-1;+3. The van der Waals surface area contributed by atoms with E-state index in [0.717, 1.165) is 11.3 Å². The van der Waals surface area contributed by atoms with E-state index in [1.807, 2.05) is 48.7 Å². The van der Waals surface area contributed by atoms with E-state index in [0.29, 0.717) is 0 Å². The quantitative estimate of drug-likeness (QED) is 0.498. The predicted molar refractivity (Wildman–Crippen MR) is 93.3 cm³/mol. The van der Waals surface area contributed by atoms with Crippen LogP contribution in [-0.2, 0) is 20.1 Å². The minimum Gasteiger partial charge on any atom is -0.569 e. The van der Waals surface area contributed by atoms with Crippen LogP contribution < -0.4 is 0 Å². The molecule has 0 saturated carbocycles. The summed E-state index contributed by atoms with van der Waals surface area (Å²) in [5, 5.41) is 13.5. The van der Waals surface area contributed by atoms with Gasteiger partial charge in [-0.2, -0.15) is 0 Å². The van der Waals surface area contributed by atoms with Crippen LogP contribution in [0.4, 0.5) is 0 Å². The van der Waals surface area contributed by atoms with E-state index in [-0.39, 0.29) is 20.1 Å². The van der Waals surface area contributed by atoms with Crippen molar-refractivity contribution in [3.8, 4) is 22.4 Å². The largest absolute Gasteiger partial charge is 3.00 e. The Labute approximate surface area is 157 Å². The first-order valence-electron chi connectivity index (χ1n) is 6.97. The summed E-state index contributed by atoms with van der Waals surface area (Å²) < 4.78 is 0. The van der Waals surface area contributed by atoms with Crippen LogP contribution in [0.1, 0.15) is 5.56 Å². The van der Waals surface area contributed by atoms with Gasteiger partial charge in [0, 0.05) is 11.8 Å². The molecule has 0 aliphatic heterocycles. The topological polar surface area (TPSA) is 53.4 Å². The van der Waals surface area contributed by atoms with E-state index in [1.165, 1.54) is 16.7 Å². The maximum atomic E-state index is 6.75. The van der Waals surface area contributed by atoms with Gasteiger partial charge in [-0.15, -0.1) is 35.9 Å². The molecule has 1 aromatic heterocycles. The zero-order valence-electron chi connectivity index (χ0n) is 13.4. The van der Waals surface area contributed by atoms with Crippen LogP contribution in [0.3, 0.4) is 0 Å². The third kappa shape index (κ3) is 5.99. The number of aliphatic hydroxyl groups is 2.